The maximum Gasteiger partial charge on any atom is 0.326 e. The van der Waals surface area contributed by atoms with Gasteiger partial charge in [-0.3, -0.25) is 14.4 Å². The largest absolute Gasteiger partial charge is 0.337 e. The van der Waals surface area contributed by atoms with Crippen LogP contribution >= 0.6 is 0 Å². The Bertz CT molecular complexity index is 1120. The molecule has 0 bridgehead atoms. The normalized spacial score (nSPS) is 22.1. The van der Waals surface area contributed by atoms with Gasteiger partial charge in [0.05, 0.1) is 21.1 Å². The van der Waals surface area contributed by atoms with Gasteiger partial charge in [-0.1, -0.05) is 19.9 Å². The van der Waals surface area contributed by atoms with E-state index in [0.717, 1.165) is 42.2 Å². The lowest BCUT2D eigenvalue weighted by Gasteiger charge is -2.27. The van der Waals surface area contributed by atoms with Gasteiger partial charge in [-0.2, -0.15) is 0 Å². The second-order valence-electron chi connectivity index (χ2n) is 9.45. The van der Waals surface area contributed by atoms with Crippen molar-refractivity contribution in [2.45, 2.75) is 70.2 Å². The Balaban J connectivity index is 1.52. The van der Waals surface area contributed by atoms with Crippen molar-refractivity contribution in [3.05, 3.63) is 40.7 Å². The lowest BCUT2D eigenvalue weighted by atomic mass is 9.87. The predicted molar refractivity (Wildman–Crippen MR) is 135 cm³/mol. The summed E-state index contributed by atoms with van der Waals surface area (Å²) in [6, 6.07) is 2.95. The van der Waals surface area contributed by atoms with E-state index in [2.05, 4.69) is 28.1 Å². The molecule has 1 fully saturated rings. The first-order valence-corrected chi connectivity index (χ1v) is 13.8. The van der Waals surface area contributed by atoms with E-state index in [1.807, 2.05) is 13.8 Å². The molecular formula is C25H35FN4O4S. The SMILES string of the molecule is C=S(=O)(NC(=O)NC1CCC(C)CC1)c1ccc(CCNC(=O)N2CC(C)=C(CC)C2=O)c(F)c1. The molecule has 1 atom stereocenters. The molecular weight excluding hydrogens is 471 g/mol. The van der Waals surface area contributed by atoms with Gasteiger partial charge in [0.2, 0.25) is 0 Å². The van der Waals surface area contributed by atoms with Crippen LogP contribution in [0.5, 0.6) is 0 Å². The highest BCUT2D eigenvalue weighted by molar-refractivity contribution is 7.99. The molecule has 0 aromatic heterocycles. The maximum absolute atomic E-state index is 14.7. The van der Waals surface area contributed by atoms with Crippen molar-refractivity contribution in [1.82, 2.24) is 20.3 Å². The summed E-state index contributed by atoms with van der Waals surface area (Å²) < 4.78 is 30.0. The molecule has 0 spiro atoms. The Morgan fingerprint density at radius 1 is 1.23 bits per heavy atom. The standard InChI is InChI=1S/C25H35FN4O4S/c1-5-21-17(3)15-30(23(21)31)25(33)27-13-12-18-8-11-20(14-22(18)26)35(4,34)29-24(32)28-19-9-6-16(2)7-10-19/h8,11,14,16,19H,4-7,9-10,12-13,15H2,1-3H3,(H,27,33)(H2,28,29,32,34). The second-order valence-corrected chi connectivity index (χ2v) is 11.5. The van der Waals surface area contributed by atoms with E-state index in [1.54, 1.807) is 0 Å². The molecule has 1 heterocycles. The minimum atomic E-state index is -3.25. The monoisotopic (exact) mass is 506 g/mol. The number of hydrogen-bond donors (Lipinski definition) is 3. The van der Waals surface area contributed by atoms with Crippen LogP contribution in [0.4, 0.5) is 14.0 Å². The van der Waals surface area contributed by atoms with Crippen LogP contribution in [-0.2, 0) is 20.9 Å². The molecule has 192 valence electrons. The fraction of sp³-hybridized carbons (Fsp3) is 0.520. The van der Waals surface area contributed by atoms with E-state index in [-0.39, 0.29) is 36.4 Å². The molecule has 1 unspecified atom stereocenters. The third-order valence-corrected chi connectivity index (χ3v) is 8.23. The van der Waals surface area contributed by atoms with Gasteiger partial charge in [0, 0.05) is 18.2 Å². The molecule has 1 aromatic carbocycles. The van der Waals surface area contributed by atoms with Gasteiger partial charge in [-0.25, -0.2) is 18.2 Å². The summed E-state index contributed by atoms with van der Waals surface area (Å²) in [4.78, 5) is 38.2. The third-order valence-electron chi connectivity index (χ3n) is 6.70. The van der Waals surface area contributed by atoms with Crippen LogP contribution in [0.25, 0.3) is 0 Å². The number of hydrogen-bond acceptors (Lipinski definition) is 4. The Labute approximate surface area is 206 Å². The Morgan fingerprint density at radius 3 is 2.51 bits per heavy atom. The zero-order valence-corrected chi connectivity index (χ0v) is 21.4. The summed E-state index contributed by atoms with van der Waals surface area (Å²) in [5.41, 5.74) is 1.83. The Morgan fingerprint density at radius 2 is 1.91 bits per heavy atom. The van der Waals surface area contributed by atoms with Crippen LogP contribution in [0.3, 0.4) is 0 Å². The smallest absolute Gasteiger partial charge is 0.326 e. The zero-order chi connectivity index (χ0) is 25.8. The Hall–Kier alpha value is -2.88. The minimum Gasteiger partial charge on any atom is -0.337 e. The number of nitrogens with one attached hydrogen (secondary N) is 3. The number of halogens is 1. The molecule has 0 saturated heterocycles. The fourth-order valence-electron chi connectivity index (χ4n) is 4.53. The van der Waals surface area contributed by atoms with Crippen LogP contribution in [0.1, 0.15) is 58.4 Å². The molecule has 10 heteroatoms. The maximum atomic E-state index is 14.7. The van der Waals surface area contributed by atoms with E-state index in [0.29, 0.717) is 23.5 Å². The third kappa shape index (κ3) is 6.62. The number of rotatable bonds is 7. The number of urea groups is 2. The highest BCUT2D eigenvalue weighted by Crippen LogP contribution is 2.24. The van der Waals surface area contributed by atoms with Crippen LogP contribution < -0.4 is 15.4 Å². The summed E-state index contributed by atoms with van der Waals surface area (Å²) in [5.74, 6) is 3.34. The Kier molecular flexibility index (Phi) is 8.58. The number of imide groups is 1. The van der Waals surface area contributed by atoms with E-state index in [4.69, 9.17) is 0 Å². The number of carbonyl (C=O) groups excluding carboxylic acids is 3. The highest BCUT2D eigenvalue weighted by atomic mass is 32.2. The molecule has 1 aromatic rings. The number of nitrogens with zero attached hydrogens (tertiary/aromatic N) is 1. The number of carbonyl (C=O) groups is 3. The first kappa shape index (κ1) is 26.7. The van der Waals surface area contributed by atoms with Crippen molar-refractivity contribution in [3.8, 4) is 0 Å². The van der Waals surface area contributed by atoms with Gasteiger partial charge in [0.15, 0.2) is 0 Å². The molecule has 1 aliphatic carbocycles. The van der Waals surface area contributed by atoms with E-state index in [1.165, 1.54) is 12.1 Å². The fourth-order valence-corrected chi connectivity index (χ4v) is 5.59. The van der Waals surface area contributed by atoms with Gasteiger partial charge >= 0.3 is 12.1 Å². The molecule has 3 N–H and O–H groups in total. The zero-order valence-electron chi connectivity index (χ0n) is 20.6. The summed E-state index contributed by atoms with van der Waals surface area (Å²) in [5, 5.41) is 5.48. The van der Waals surface area contributed by atoms with Crippen LogP contribution in [0, 0.1) is 11.7 Å². The van der Waals surface area contributed by atoms with Crippen LogP contribution in [-0.4, -0.2) is 52.1 Å². The average Bonchev–Trinajstić information content (AvgIpc) is 3.09. The molecule has 35 heavy (non-hydrogen) atoms. The van der Waals surface area contributed by atoms with E-state index in [9.17, 15) is 23.0 Å². The van der Waals surface area contributed by atoms with E-state index < -0.39 is 27.6 Å². The number of benzene rings is 1. The van der Waals surface area contributed by atoms with Gasteiger partial charge in [0.25, 0.3) is 5.91 Å². The molecule has 1 aliphatic heterocycles. The first-order chi connectivity index (χ1) is 16.5. The van der Waals surface area contributed by atoms with Crippen molar-refractivity contribution in [2.75, 3.05) is 13.1 Å². The van der Waals surface area contributed by atoms with Crippen molar-refractivity contribution in [3.63, 3.8) is 0 Å². The number of amides is 5. The van der Waals surface area contributed by atoms with Crippen molar-refractivity contribution < 1.29 is 23.0 Å². The van der Waals surface area contributed by atoms with Crippen LogP contribution in [0.15, 0.2) is 34.2 Å². The van der Waals surface area contributed by atoms with Crippen molar-refractivity contribution in [2.24, 2.45) is 5.92 Å². The van der Waals surface area contributed by atoms with Crippen LogP contribution in [0.2, 0.25) is 0 Å². The topological polar surface area (TPSA) is 108 Å². The quantitative estimate of drug-likeness (QED) is 0.492. The minimum absolute atomic E-state index is 0.0276. The average molecular weight is 507 g/mol. The van der Waals surface area contributed by atoms with Crippen molar-refractivity contribution >= 4 is 33.5 Å². The molecule has 2 aliphatic rings. The van der Waals surface area contributed by atoms with Gasteiger partial charge < -0.3 is 10.6 Å². The summed E-state index contributed by atoms with van der Waals surface area (Å²) in [6.45, 7) is 6.26. The lowest BCUT2D eigenvalue weighted by molar-refractivity contribution is -0.123. The van der Waals surface area contributed by atoms with Gasteiger partial charge in [0.1, 0.15) is 5.82 Å². The molecule has 0 radical (unpaired) electrons. The summed E-state index contributed by atoms with van der Waals surface area (Å²) >= 11 is 0. The first-order valence-electron chi connectivity index (χ1n) is 12.0. The molecule has 8 nitrogen and oxygen atoms in total. The van der Waals surface area contributed by atoms with Crippen molar-refractivity contribution in [1.29, 1.82) is 0 Å². The molecule has 3 rings (SSSR count). The molecule has 5 amide bonds. The molecule has 1 saturated carbocycles. The van der Waals surface area contributed by atoms with Gasteiger partial charge in [-0.05, 0) is 80.5 Å². The summed E-state index contributed by atoms with van der Waals surface area (Å²) in [7, 11) is -3.25. The lowest BCUT2D eigenvalue weighted by Crippen LogP contribution is -2.45. The second kappa shape index (κ2) is 11.2. The highest BCUT2D eigenvalue weighted by Gasteiger charge is 2.31. The summed E-state index contributed by atoms with van der Waals surface area (Å²) in [6.07, 6.45) is 4.55. The van der Waals surface area contributed by atoms with Gasteiger partial charge in [-0.15, -0.1) is 0 Å². The van der Waals surface area contributed by atoms with E-state index >= 15 is 0 Å². The predicted octanol–water partition coefficient (Wildman–Crippen LogP) is 3.51.